The van der Waals surface area contributed by atoms with E-state index in [0.29, 0.717) is 6.61 Å². The van der Waals surface area contributed by atoms with Gasteiger partial charge in [0.2, 0.25) is 0 Å². The molecule has 1 atom stereocenters. The molecule has 2 aromatic rings. The highest BCUT2D eigenvalue weighted by atomic mass is 16.5. The van der Waals surface area contributed by atoms with E-state index in [2.05, 4.69) is 16.5 Å². The van der Waals surface area contributed by atoms with Crippen LogP contribution in [0.3, 0.4) is 0 Å². The molecule has 0 radical (unpaired) electrons. The van der Waals surface area contributed by atoms with Gasteiger partial charge in [0, 0.05) is 7.05 Å². The summed E-state index contributed by atoms with van der Waals surface area (Å²) in [5, 5.41) is 7.57. The molecule has 1 N–H and O–H groups in total. The summed E-state index contributed by atoms with van der Waals surface area (Å²) in [5.41, 5.74) is 2.10. The fourth-order valence-corrected chi connectivity index (χ4v) is 2.33. The van der Waals surface area contributed by atoms with E-state index >= 15 is 0 Å². The van der Waals surface area contributed by atoms with Gasteiger partial charge in [-0.05, 0) is 31.7 Å². The van der Waals surface area contributed by atoms with E-state index in [4.69, 9.17) is 9.47 Å². The van der Waals surface area contributed by atoms with E-state index in [1.165, 1.54) is 0 Å². The molecule has 0 aliphatic heterocycles. The van der Waals surface area contributed by atoms with E-state index in [-0.39, 0.29) is 6.04 Å². The number of rotatable bonds is 6. The number of hydrogen-bond donors (Lipinski definition) is 1. The zero-order chi connectivity index (χ0) is 14.5. The Bertz CT molecular complexity index is 566. The fraction of sp³-hybridized carbons (Fsp3) is 0.400. The van der Waals surface area contributed by atoms with Crippen LogP contribution >= 0.6 is 0 Å². The summed E-state index contributed by atoms with van der Waals surface area (Å²) in [4.78, 5) is 0. The van der Waals surface area contributed by atoms with Gasteiger partial charge in [-0.1, -0.05) is 12.1 Å². The smallest absolute Gasteiger partial charge is 0.161 e. The second-order valence-electron chi connectivity index (χ2n) is 4.45. The molecule has 0 aliphatic carbocycles. The number of nitrogens with zero attached hydrogens (tertiary/aromatic N) is 2. The summed E-state index contributed by atoms with van der Waals surface area (Å²) >= 11 is 0. The first kappa shape index (κ1) is 14.4. The molecular weight excluding hydrogens is 254 g/mol. The Kier molecular flexibility index (Phi) is 4.63. The highest BCUT2D eigenvalue weighted by Crippen LogP contribution is 2.30. The van der Waals surface area contributed by atoms with Crippen LogP contribution < -0.4 is 14.8 Å². The van der Waals surface area contributed by atoms with Crippen molar-refractivity contribution in [3.63, 3.8) is 0 Å². The van der Waals surface area contributed by atoms with Gasteiger partial charge in [0.05, 0.1) is 26.0 Å². The van der Waals surface area contributed by atoms with Crippen LogP contribution in [0.25, 0.3) is 0 Å². The summed E-state index contributed by atoms with van der Waals surface area (Å²) in [7, 11) is 5.49. The molecule has 108 valence electrons. The van der Waals surface area contributed by atoms with Gasteiger partial charge < -0.3 is 14.8 Å². The summed E-state index contributed by atoms with van der Waals surface area (Å²) in [6.07, 6.45) is 1.73. The molecule has 1 aromatic heterocycles. The maximum absolute atomic E-state index is 5.56. The Morgan fingerprint density at radius 3 is 2.85 bits per heavy atom. The molecule has 0 saturated heterocycles. The van der Waals surface area contributed by atoms with Crippen molar-refractivity contribution in [3.05, 3.63) is 41.7 Å². The largest absolute Gasteiger partial charge is 0.494 e. The van der Waals surface area contributed by atoms with Gasteiger partial charge in [-0.15, -0.1) is 0 Å². The van der Waals surface area contributed by atoms with Crippen molar-refractivity contribution in [2.75, 3.05) is 20.8 Å². The molecule has 0 amide bonds. The lowest BCUT2D eigenvalue weighted by molar-refractivity contribution is 0.339. The first-order valence-electron chi connectivity index (χ1n) is 6.67. The Morgan fingerprint density at radius 2 is 2.20 bits per heavy atom. The van der Waals surface area contributed by atoms with Crippen molar-refractivity contribution in [1.82, 2.24) is 15.1 Å². The number of hydrogen-bond acceptors (Lipinski definition) is 4. The van der Waals surface area contributed by atoms with E-state index < -0.39 is 0 Å². The third-order valence-corrected chi connectivity index (χ3v) is 3.23. The molecule has 2 rings (SSSR count). The van der Waals surface area contributed by atoms with Crippen LogP contribution in [0, 0.1) is 0 Å². The van der Waals surface area contributed by atoms with Gasteiger partial charge in [0.1, 0.15) is 11.4 Å². The third-order valence-electron chi connectivity index (χ3n) is 3.23. The molecule has 0 fully saturated rings. The number of nitrogens with one attached hydrogen (secondary N) is 1. The van der Waals surface area contributed by atoms with E-state index in [1.54, 1.807) is 13.3 Å². The summed E-state index contributed by atoms with van der Waals surface area (Å²) in [6, 6.07) is 8.05. The summed E-state index contributed by atoms with van der Waals surface area (Å²) < 4.78 is 12.8. The minimum absolute atomic E-state index is 0.00199. The molecule has 1 unspecified atom stereocenters. The zero-order valence-corrected chi connectivity index (χ0v) is 12.4. The Morgan fingerprint density at radius 1 is 1.40 bits per heavy atom. The van der Waals surface area contributed by atoms with Crippen LogP contribution in [0.5, 0.6) is 11.5 Å². The normalized spacial score (nSPS) is 12.2. The number of benzene rings is 1. The molecule has 0 aliphatic rings. The number of ether oxygens (including phenoxy) is 2. The molecule has 1 aromatic carbocycles. The predicted molar refractivity (Wildman–Crippen MR) is 78.3 cm³/mol. The van der Waals surface area contributed by atoms with E-state index in [0.717, 1.165) is 22.8 Å². The summed E-state index contributed by atoms with van der Waals surface area (Å²) in [6.45, 7) is 2.63. The first-order chi connectivity index (χ1) is 9.71. The molecule has 5 heteroatoms. The van der Waals surface area contributed by atoms with Gasteiger partial charge >= 0.3 is 0 Å². The van der Waals surface area contributed by atoms with Crippen molar-refractivity contribution in [2.45, 2.75) is 13.0 Å². The van der Waals surface area contributed by atoms with Gasteiger partial charge in [0.15, 0.2) is 5.75 Å². The maximum atomic E-state index is 5.56. The minimum atomic E-state index is -0.00199. The van der Waals surface area contributed by atoms with Crippen LogP contribution in [-0.4, -0.2) is 30.5 Å². The Labute approximate surface area is 119 Å². The molecule has 0 saturated carbocycles. The van der Waals surface area contributed by atoms with Crippen molar-refractivity contribution < 1.29 is 9.47 Å². The van der Waals surface area contributed by atoms with Gasteiger partial charge in [0.25, 0.3) is 0 Å². The number of aryl methyl sites for hydroxylation is 1. The molecule has 5 nitrogen and oxygen atoms in total. The van der Waals surface area contributed by atoms with Crippen molar-refractivity contribution in [1.29, 1.82) is 0 Å². The van der Waals surface area contributed by atoms with Crippen LogP contribution in [0.1, 0.15) is 24.2 Å². The monoisotopic (exact) mass is 275 g/mol. The highest BCUT2D eigenvalue weighted by molar-refractivity contribution is 5.39. The lowest BCUT2D eigenvalue weighted by Gasteiger charge is -2.19. The highest BCUT2D eigenvalue weighted by Gasteiger charge is 2.21. The molecular formula is C15H21N3O2. The van der Waals surface area contributed by atoms with Crippen LogP contribution in [-0.2, 0) is 7.05 Å². The summed E-state index contributed by atoms with van der Waals surface area (Å²) in [5.74, 6) is 1.64. The van der Waals surface area contributed by atoms with Gasteiger partial charge in [-0.3, -0.25) is 4.68 Å². The first-order valence-corrected chi connectivity index (χ1v) is 6.67. The lowest BCUT2D eigenvalue weighted by Crippen LogP contribution is -2.21. The third kappa shape index (κ3) is 2.77. The van der Waals surface area contributed by atoms with E-state index in [9.17, 15) is 0 Å². The average molecular weight is 275 g/mol. The second kappa shape index (κ2) is 6.43. The quantitative estimate of drug-likeness (QED) is 0.877. The molecule has 20 heavy (non-hydrogen) atoms. The Hall–Kier alpha value is -2.01. The van der Waals surface area contributed by atoms with Crippen molar-refractivity contribution in [3.8, 4) is 11.5 Å². The number of methoxy groups -OCH3 is 1. The fourth-order valence-electron chi connectivity index (χ4n) is 2.33. The van der Waals surface area contributed by atoms with Crippen molar-refractivity contribution >= 4 is 0 Å². The van der Waals surface area contributed by atoms with Crippen LogP contribution in [0.4, 0.5) is 0 Å². The molecule has 1 heterocycles. The van der Waals surface area contributed by atoms with Gasteiger partial charge in [-0.25, -0.2) is 0 Å². The topological polar surface area (TPSA) is 48.3 Å². The lowest BCUT2D eigenvalue weighted by atomic mass is 10.0. The predicted octanol–water partition coefficient (Wildman–Crippen LogP) is 2.14. The van der Waals surface area contributed by atoms with Crippen LogP contribution in [0.2, 0.25) is 0 Å². The average Bonchev–Trinajstić information content (AvgIpc) is 2.82. The maximum Gasteiger partial charge on any atom is 0.161 e. The second-order valence-corrected chi connectivity index (χ2v) is 4.45. The molecule has 0 spiro atoms. The standard InChI is InChI=1S/C15H21N3O2/c1-5-20-12-8-6-7-11(9-12)14(16-2)15-13(19-4)10-17-18(15)3/h6-10,14,16H,5H2,1-4H3. The Balaban J connectivity index is 2.41. The SMILES string of the molecule is CCOc1cccc(C(NC)c2c(OC)cnn2C)c1. The zero-order valence-electron chi connectivity index (χ0n) is 12.4. The minimum Gasteiger partial charge on any atom is -0.494 e. The number of aromatic nitrogens is 2. The van der Waals surface area contributed by atoms with E-state index in [1.807, 2.05) is 43.9 Å². The van der Waals surface area contributed by atoms with Gasteiger partial charge in [-0.2, -0.15) is 5.10 Å². The van der Waals surface area contributed by atoms with Crippen LogP contribution in [0.15, 0.2) is 30.5 Å². The van der Waals surface area contributed by atoms with Crippen molar-refractivity contribution in [2.24, 2.45) is 7.05 Å². The molecule has 0 bridgehead atoms.